The van der Waals surface area contributed by atoms with Crippen LogP contribution in [0.4, 0.5) is 0 Å². The van der Waals surface area contributed by atoms with Crippen LogP contribution in [0.2, 0.25) is 0 Å². The van der Waals surface area contributed by atoms with Crippen LogP contribution in [0.25, 0.3) is 0 Å². The van der Waals surface area contributed by atoms with E-state index in [-0.39, 0.29) is 12.8 Å². The molecule has 12 N–H and O–H groups in total. The number of aliphatic imine (C=N–C) groups is 1. The van der Waals surface area contributed by atoms with Gasteiger partial charge in [0.1, 0.15) is 24.8 Å². The molecule has 0 aliphatic carbocycles. The third-order valence-electron chi connectivity index (χ3n) is 5.06. The fraction of sp³-hybridized carbons (Fsp3) is 0.529. The minimum atomic E-state index is -2.00. The van der Waals surface area contributed by atoms with Crippen molar-refractivity contribution in [1.82, 2.24) is 25.7 Å². The molecule has 0 bridgehead atoms. The van der Waals surface area contributed by atoms with Crippen LogP contribution in [-0.4, -0.2) is 96.5 Å². The number of carbonyl (C=O) groups excluding carboxylic acids is 3. The zero-order chi connectivity index (χ0) is 25.6. The molecule has 0 aromatic carbocycles. The quantitative estimate of drug-likeness (QED) is 0.124. The Hall–Kier alpha value is -3.64. The molecule has 1 aliphatic rings. The number of primary amides is 1. The van der Waals surface area contributed by atoms with Crippen LogP contribution in [0.5, 0.6) is 0 Å². The maximum atomic E-state index is 12.3. The molecule has 2 heterocycles. The summed E-state index contributed by atoms with van der Waals surface area (Å²) in [4.78, 5) is 67.1. The third-order valence-corrected chi connectivity index (χ3v) is 5.06. The number of nitrogens with two attached hydrogens (primary N) is 2. The summed E-state index contributed by atoms with van der Waals surface area (Å²) in [6, 6.07) is -3.01. The van der Waals surface area contributed by atoms with Gasteiger partial charge in [-0.3, -0.25) is 29.1 Å². The largest absolute Gasteiger partial charge is 0.388 e. The highest BCUT2D eigenvalue weighted by molar-refractivity contribution is 6.02. The van der Waals surface area contributed by atoms with Crippen molar-refractivity contribution in [2.75, 3.05) is 13.1 Å². The van der Waals surface area contributed by atoms with Crippen LogP contribution < -0.4 is 33.5 Å². The number of hydrogen-bond acceptors (Lipinski definition) is 12. The van der Waals surface area contributed by atoms with Crippen molar-refractivity contribution < 1.29 is 34.9 Å². The molecule has 2 rings (SSSR count). The van der Waals surface area contributed by atoms with E-state index in [1.807, 2.05) is 4.98 Å². The van der Waals surface area contributed by atoms with E-state index < -0.39 is 84.0 Å². The first kappa shape index (κ1) is 26.6. The number of rotatable bonds is 12. The summed E-state index contributed by atoms with van der Waals surface area (Å²) in [5.74, 6) is -2.73. The van der Waals surface area contributed by atoms with Gasteiger partial charge in [-0.05, 0) is 6.42 Å². The maximum Gasteiger partial charge on any atom is 0.325 e. The number of aliphatic hydroxyl groups excluding tert-OH is 3. The number of guanidine groups is 1. The van der Waals surface area contributed by atoms with Gasteiger partial charge < -0.3 is 42.3 Å². The van der Waals surface area contributed by atoms with Gasteiger partial charge in [0.25, 0.3) is 11.5 Å². The van der Waals surface area contributed by atoms with Gasteiger partial charge >= 0.3 is 5.69 Å². The number of hydroxylamine groups is 1. The lowest BCUT2D eigenvalue weighted by molar-refractivity contribution is -0.135. The van der Waals surface area contributed by atoms with Crippen LogP contribution in [0.1, 0.15) is 24.5 Å². The van der Waals surface area contributed by atoms with E-state index in [1.54, 1.807) is 5.48 Å². The summed E-state index contributed by atoms with van der Waals surface area (Å²) in [5, 5.41) is 43.3. The Kier molecular flexibility index (Phi) is 8.98. The third kappa shape index (κ3) is 6.23. The monoisotopic (exact) mass is 486 g/mol. The highest BCUT2D eigenvalue weighted by Crippen LogP contribution is 2.24. The molecule has 0 spiro atoms. The van der Waals surface area contributed by atoms with Crippen molar-refractivity contribution in [3.05, 3.63) is 32.6 Å². The molecule has 3 amide bonds. The minimum absolute atomic E-state index is 0.165. The number of nitrogens with zero attached hydrogens (tertiary/aromatic N) is 2. The fourth-order valence-corrected chi connectivity index (χ4v) is 3.27. The molecule has 0 saturated carbocycles. The number of amides is 3. The Bertz CT molecular complexity index is 1050. The van der Waals surface area contributed by atoms with Gasteiger partial charge in [-0.15, -0.1) is 0 Å². The van der Waals surface area contributed by atoms with E-state index in [2.05, 4.69) is 15.3 Å². The fourth-order valence-electron chi connectivity index (χ4n) is 3.27. The highest BCUT2D eigenvalue weighted by atomic mass is 16.5. The molecular formula is C17H26N8O9. The van der Waals surface area contributed by atoms with Crippen molar-refractivity contribution in [1.29, 1.82) is 0 Å². The van der Waals surface area contributed by atoms with Crippen LogP contribution in [0.3, 0.4) is 0 Å². The molecule has 34 heavy (non-hydrogen) atoms. The lowest BCUT2D eigenvalue weighted by Gasteiger charge is -2.36. The van der Waals surface area contributed by atoms with Crippen molar-refractivity contribution >= 4 is 23.7 Å². The van der Waals surface area contributed by atoms with Crippen molar-refractivity contribution in [3.63, 3.8) is 0 Å². The lowest BCUT2D eigenvalue weighted by atomic mass is 9.94. The first-order valence-corrected chi connectivity index (χ1v) is 9.91. The summed E-state index contributed by atoms with van der Waals surface area (Å²) in [6.07, 6.45) is -5.31. The number of aromatic amines is 2. The predicted molar refractivity (Wildman–Crippen MR) is 112 cm³/mol. The lowest BCUT2D eigenvalue weighted by Crippen LogP contribution is -2.59. The SMILES string of the molecule is NC(=O)CC[C@H](NO)C(=O)NC[C@@H](O)[C@H](O)[C@@H]([C@@H](O)c1c[nH]c(=O)[nH]c1=O)N1C(=O)CN=C1N. The van der Waals surface area contributed by atoms with Crippen LogP contribution in [0.15, 0.2) is 20.8 Å². The van der Waals surface area contributed by atoms with Crippen molar-refractivity contribution in [2.45, 2.75) is 43.2 Å². The summed E-state index contributed by atoms with van der Waals surface area (Å²) in [6.45, 7) is -1.06. The molecule has 0 radical (unpaired) electrons. The first-order chi connectivity index (χ1) is 16.0. The number of H-pyrrole nitrogens is 2. The van der Waals surface area contributed by atoms with Gasteiger partial charge in [-0.1, -0.05) is 0 Å². The Balaban J connectivity index is 2.23. The van der Waals surface area contributed by atoms with Crippen LogP contribution in [-0.2, 0) is 14.4 Å². The summed E-state index contributed by atoms with van der Waals surface area (Å²) >= 11 is 0. The van der Waals surface area contributed by atoms with Gasteiger partial charge in [0.2, 0.25) is 11.8 Å². The molecular weight excluding hydrogens is 460 g/mol. The average molecular weight is 486 g/mol. The molecule has 188 valence electrons. The first-order valence-electron chi connectivity index (χ1n) is 9.91. The molecule has 17 heteroatoms. The Labute approximate surface area is 190 Å². The van der Waals surface area contributed by atoms with Crippen LogP contribution in [0, 0.1) is 0 Å². The summed E-state index contributed by atoms with van der Waals surface area (Å²) in [5.41, 5.74) is 10.0. The second kappa shape index (κ2) is 11.5. The standard InChI is InChI=1S/C17H26N8O9/c18-9(27)2-1-7(24-34)15(32)20-4-8(26)13(30)11(25-10(28)5-21-16(25)19)12(29)6-3-22-17(33)23-14(6)31/h3,7-8,11-13,24,26,29-30,34H,1-2,4-5H2,(H2,18,27)(H2,19,21)(H,20,32)(H2,22,23,31,33)/t7-,8+,11+,12-,13-/m0/s1. The Morgan fingerprint density at radius 2 is 1.91 bits per heavy atom. The Morgan fingerprint density at radius 3 is 2.44 bits per heavy atom. The zero-order valence-electron chi connectivity index (χ0n) is 17.7. The van der Waals surface area contributed by atoms with E-state index in [1.165, 1.54) is 0 Å². The predicted octanol–water partition coefficient (Wildman–Crippen LogP) is -5.93. The maximum absolute atomic E-state index is 12.3. The van der Waals surface area contributed by atoms with E-state index in [9.17, 15) is 39.3 Å². The number of hydrogen-bond donors (Lipinski definition) is 10. The second-order valence-corrected chi connectivity index (χ2v) is 7.39. The minimum Gasteiger partial charge on any atom is -0.388 e. The molecule has 0 unspecified atom stereocenters. The zero-order valence-corrected chi connectivity index (χ0v) is 17.7. The number of aromatic nitrogens is 2. The summed E-state index contributed by atoms with van der Waals surface area (Å²) in [7, 11) is 0. The molecule has 1 aliphatic heterocycles. The van der Waals surface area contributed by atoms with E-state index >= 15 is 0 Å². The van der Waals surface area contributed by atoms with Crippen molar-refractivity contribution in [2.24, 2.45) is 16.5 Å². The smallest absolute Gasteiger partial charge is 0.325 e. The van der Waals surface area contributed by atoms with E-state index in [4.69, 9.17) is 16.7 Å². The molecule has 0 fully saturated rings. The highest BCUT2D eigenvalue weighted by Gasteiger charge is 2.43. The molecule has 17 nitrogen and oxygen atoms in total. The molecule has 5 atom stereocenters. The normalized spacial score (nSPS) is 18.1. The van der Waals surface area contributed by atoms with E-state index in [0.717, 1.165) is 6.20 Å². The number of aliphatic hydroxyl groups is 3. The van der Waals surface area contributed by atoms with Crippen LogP contribution >= 0.6 is 0 Å². The van der Waals surface area contributed by atoms with Gasteiger partial charge in [0.15, 0.2) is 5.96 Å². The molecule has 0 saturated heterocycles. The van der Waals surface area contributed by atoms with Gasteiger partial charge in [0, 0.05) is 19.2 Å². The van der Waals surface area contributed by atoms with Gasteiger partial charge in [-0.2, -0.15) is 5.48 Å². The number of carbonyl (C=O) groups is 3. The average Bonchev–Trinajstić information content (AvgIpc) is 3.10. The number of nitrogens with one attached hydrogen (secondary N) is 4. The topological polar surface area (TPSA) is 290 Å². The second-order valence-electron chi connectivity index (χ2n) is 7.39. The van der Waals surface area contributed by atoms with E-state index in [0.29, 0.717) is 4.90 Å². The molecule has 1 aromatic heterocycles. The van der Waals surface area contributed by atoms with Gasteiger partial charge in [0.05, 0.1) is 17.7 Å². The van der Waals surface area contributed by atoms with Gasteiger partial charge in [-0.25, -0.2) is 9.79 Å². The van der Waals surface area contributed by atoms with Crippen molar-refractivity contribution in [3.8, 4) is 0 Å². The molecule has 1 aromatic rings. The Morgan fingerprint density at radius 1 is 1.24 bits per heavy atom. The summed E-state index contributed by atoms with van der Waals surface area (Å²) < 4.78 is 0.